The Kier molecular flexibility index (Phi) is 5.01. The summed E-state index contributed by atoms with van der Waals surface area (Å²) in [6, 6.07) is 15.1. The first-order chi connectivity index (χ1) is 14.0. The fraction of sp³-hybridized carbons (Fsp3) is 0.304. The van der Waals surface area contributed by atoms with Crippen molar-refractivity contribution in [1.29, 1.82) is 0 Å². The van der Waals surface area contributed by atoms with Crippen molar-refractivity contribution in [3.05, 3.63) is 71.0 Å². The largest absolute Gasteiger partial charge is 0.497 e. The van der Waals surface area contributed by atoms with E-state index in [-0.39, 0.29) is 11.9 Å². The Hall–Kier alpha value is -3.28. The number of ether oxygens (including phenoxy) is 2. The number of methoxy groups -OCH3 is 2. The number of carbonyl (C=O) groups is 1. The summed E-state index contributed by atoms with van der Waals surface area (Å²) in [7, 11) is 3.28. The number of anilines is 1. The first-order valence-corrected chi connectivity index (χ1v) is 9.72. The number of aromatic amines is 1. The smallest absolute Gasteiger partial charge is 0.277 e. The number of H-pyrrole nitrogens is 1. The first-order valence-electron chi connectivity index (χ1n) is 9.72. The maximum atomic E-state index is 13.4. The van der Waals surface area contributed by atoms with Gasteiger partial charge in [0.05, 0.1) is 26.0 Å². The van der Waals surface area contributed by atoms with Gasteiger partial charge in [0.2, 0.25) is 0 Å². The Morgan fingerprint density at radius 1 is 1.07 bits per heavy atom. The molecule has 1 unspecified atom stereocenters. The van der Waals surface area contributed by atoms with Gasteiger partial charge in [0.1, 0.15) is 17.2 Å². The van der Waals surface area contributed by atoms with Crippen LogP contribution in [0.1, 0.15) is 47.2 Å². The molecule has 1 N–H and O–H groups in total. The first kappa shape index (κ1) is 19.1. The summed E-state index contributed by atoms with van der Waals surface area (Å²) in [6.07, 6.45) is 0.793. The standard InChI is InChI=1S/C23H25N3O3/c1-14(2)13-18-20-21(25-24-18)23(27)26(15-9-11-16(28-3)12-10-15)22(20)17-7-5-6-8-19(17)29-4/h5-12,14,22H,13H2,1-4H3,(H,24,25). The number of nitrogens with one attached hydrogen (secondary N) is 1. The van der Waals surface area contributed by atoms with Gasteiger partial charge >= 0.3 is 0 Å². The van der Waals surface area contributed by atoms with Crippen molar-refractivity contribution < 1.29 is 14.3 Å². The summed E-state index contributed by atoms with van der Waals surface area (Å²) in [5.41, 5.74) is 4.14. The van der Waals surface area contributed by atoms with Gasteiger partial charge < -0.3 is 9.47 Å². The molecule has 2 heterocycles. The molecule has 4 rings (SSSR count). The van der Waals surface area contributed by atoms with Crippen LogP contribution in [0.5, 0.6) is 11.5 Å². The Morgan fingerprint density at radius 2 is 1.79 bits per heavy atom. The van der Waals surface area contributed by atoms with Gasteiger partial charge in [-0.05, 0) is 42.7 Å². The van der Waals surface area contributed by atoms with Gasteiger partial charge in [-0.2, -0.15) is 5.10 Å². The Labute approximate surface area is 170 Å². The minimum absolute atomic E-state index is 0.0939. The summed E-state index contributed by atoms with van der Waals surface area (Å²) in [6.45, 7) is 4.30. The molecular weight excluding hydrogens is 366 g/mol. The molecule has 0 fully saturated rings. The highest BCUT2D eigenvalue weighted by atomic mass is 16.5. The van der Waals surface area contributed by atoms with Gasteiger partial charge in [0, 0.05) is 16.8 Å². The molecule has 1 aliphatic heterocycles. The van der Waals surface area contributed by atoms with E-state index in [2.05, 4.69) is 24.0 Å². The van der Waals surface area contributed by atoms with E-state index in [1.807, 2.05) is 53.4 Å². The highest BCUT2D eigenvalue weighted by molar-refractivity contribution is 6.10. The third-order valence-electron chi connectivity index (χ3n) is 5.23. The minimum atomic E-state index is -0.311. The number of carbonyl (C=O) groups excluding carboxylic acids is 1. The zero-order valence-electron chi connectivity index (χ0n) is 17.1. The van der Waals surface area contributed by atoms with Crippen molar-refractivity contribution in [2.24, 2.45) is 5.92 Å². The summed E-state index contributed by atoms with van der Waals surface area (Å²) < 4.78 is 10.9. The van der Waals surface area contributed by atoms with Crippen molar-refractivity contribution in [3.63, 3.8) is 0 Å². The van der Waals surface area contributed by atoms with Crippen LogP contribution in [-0.2, 0) is 6.42 Å². The average Bonchev–Trinajstić information content (AvgIpc) is 3.26. The molecule has 0 bridgehead atoms. The Balaban J connectivity index is 1.90. The SMILES string of the molecule is COc1ccc(N2C(=O)c3[nH]nc(CC(C)C)c3C2c2ccccc2OC)cc1. The quantitative estimate of drug-likeness (QED) is 0.677. The van der Waals surface area contributed by atoms with Crippen LogP contribution in [0.3, 0.4) is 0 Å². The van der Waals surface area contributed by atoms with E-state index >= 15 is 0 Å². The predicted molar refractivity (Wildman–Crippen MR) is 112 cm³/mol. The van der Waals surface area contributed by atoms with E-state index in [0.29, 0.717) is 11.6 Å². The molecule has 1 aliphatic rings. The van der Waals surface area contributed by atoms with E-state index < -0.39 is 0 Å². The maximum absolute atomic E-state index is 13.4. The number of fused-ring (bicyclic) bond motifs is 1. The average molecular weight is 391 g/mol. The van der Waals surface area contributed by atoms with Gasteiger partial charge in [-0.25, -0.2) is 0 Å². The monoisotopic (exact) mass is 391 g/mol. The van der Waals surface area contributed by atoms with Crippen LogP contribution in [0.25, 0.3) is 0 Å². The third-order valence-corrected chi connectivity index (χ3v) is 5.23. The van der Waals surface area contributed by atoms with Crippen LogP contribution < -0.4 is 14.4 Å². The lowest BCUT2D eigenvalue weighted by molar-refractivity contribution is 0.0988. The summed E-state index contributed by atoms with van der Waals surface area (Å²) in [5.74, 6) is 1.82. The zero-order chi connectivity index (χ0) is 20.5. The normalized spacial score (nSPS) is 15.7. The Bertz CT molecular complexity index is 1020. The van der Waals surface area contributed by atoms with Crippen LogP contribution >= 0.6 is 0 Å². The van der Waals surface area contributed by atoms with Crippen molar-refractivity contribution in [2.45, 2.75) is 26.3 Å². The van der Waals surface area contributed by atoms with Crippen LogP contribution in [0.15, 0.2) is 48.5 Å². The lowest BCUT2D eigenvalue weighted by Gasteiger charge is -2.27. The number of amides is 1. The lowest BCUT2D eigenvalue weighted by Crippen LogP contribution is -2.29. The van der Waals surface area contributed by atoms with Crippen LogP contribution in [0.2, 0.25) is 0 Å². The van der Waals surface area contributed by atoms with Crippen molar-refractivity contribution >= 4 is 11.6 Å². The van der Waals surface area contributed by atoms with E-state index in [9.17, 15) is 4.79 Å². The van der Waals surface area contributed by atoms with E-state index in [0.717, 1.165) is 40.4 Å². The van der Waals surface area contributed by atoms with Gasteiger partial charge in [0.25, 0.3) is 5.91 Å². The predicted octanol–water partition coefficient (Wildman–Crippen LogP) is 4.38. The second-order valence-corrected chi connectivity index (χ2v) is 7.57. The number of hydrogen-bond acceptors (Lipinski definition) is 4. The maximum Gasteiger partial charge on any atom is 0.277 e. The molecule has 150 valence electrons. The van der Waals surface area contributed by atoms with Crippen molar-refractivity contribution in [3.8, 4) is 11.5 Å². The van der Waals surface area contributed by atoms with E-state index in [4.69, 9.17) is 9.47 Å². The second kappa shape index (κ2) is 7.62. The number of hydrogen-bond donors (Lipinski definition) is 1. The molecule has 1 atom stereocenters. The molecule has 6 nitrogen and oxygen atoms in total. The summed E-state index contributed by atoms with van der Waals surface area (Å²) >= 11 is 0. The molecule has 0 radical (unpaired) electrons. The van der Waals surface area contributed by atoms with Crippen LogP contribution in [-0.4, -0.2) is 30.3 Å². The van der Waals surface area contributed by atoms with Crippen molar-refractivity contribution in [2.75, 3.05) is 19.1 Å². The summed E-state index contributed by atoms with van der Waals surface area (Å²) in [5, 5.41) is 7.48. The van der Waals surface area contributed by atoms with E-state index in [1.54, 1.807) is 14.2 Å². The molecule has 29 heavy (non-hydrogen) atoms. The fourth-order valence-electron chi connectivity index (χ4n) is 3.95. The zero-order valence-corrected chi connectivity index (χ0v) is 17.1. The fourth-order valence-corrected chi connectivity index (χ4v) is 3.95. The third kappa shape index (κ3) is 3.24. The van der Waals surface area contributed by atoms with Gasteiger partial charge in [-0.1, -0.05) is 32.0 Å². The number of benzene rings is 2. The van der Waals surface area contributed by atoms with E-state index in [1.165, 1.54) is 0 Å². The molecule has 0 saturated heterocycles. The molecule has 6 heteroatoms. The topological polar surface area (TPSA) is 67.5 Å². The van der Waals surface area contributed by atoms with Crippen molar-refractivity contribution in [1.82, 2.24) is 10.2 Å². The van der Waals surface area contributed by atoms with Gasteiger partial charge in [0.15, 0.2) is 0 Å². The highest BCUT2D eigenvalue weighted by Crippen LogP contribution is 2.45. The number of rotatable bonds is 6. The molecule has 1 amide bonds. The van der Waals surface area contributed by atoms with Gasteiger partial charge in [-0.3, -0.25) is 14.8 Å². The molecule has 0 aliphatic carbocycles. The minimum Gasteiger partial charge on any atom is -0.497 e. The Morgan fingerprint density at radius 3 is 2.45 bits per heavy atom. The molecule has 0 spiro atoms. The summed E-state index contributed by atoms with van der Waals surface area (Å²) in [4.78, 5) is 15.2. The lowest BCUT2D eigenvalue weighted by atomic mass is 9.94. The number of para-hydroxylation sites is 1. The molecule has 1 aromatic heterocycles. The number of nitrogens with zero attached hydrogens (tertiary/aromatic N) is 2. The molecule has 3 aromatic rings. The number of aromatic nitrogens is 2. The van der Waals surface area contributed by atoms with Gasteiger partial charge in [-0.15, -0.1) is 0 Å². The van der Waals surface area contributed by atoms with Crippen LogP contribution in [0.4, 0.5) is 5.69 Å². The molecular formula is C23H25N3O3. The molecule has 0 saturated carbocycles. The second-order valence-electron chi connectivity index (χ2n) is 7.57. The highest BCUT2D eigenvalue weighted by Gasteiger charge is 2.43. The van der Waals surface area contributed by atoms with Crippen LogP contribution in [0, 0.1) is 5.92 Å². The molecule has 2 aromatic carbocycles.